The first-order valence-corrected chi connectivity index (χ1v) is 5.89. The number of amides is 1. The molecule has 1 aromatic rings. The van der Waals surface area contributed by atoms with Crippen molar-refractivity contribution >= 4 is 23.2 Å². The smallest absolute Gasteiger partial charge is 0.303 e. The van der Waals surface area contributed by atoms with Gasteiger partial charge in [-0.25, -0.2) is 0 Å². The monoisotopic (exact) mass is 241 g/mol. The van der Waals surface area contributed by atoms with Crippen LogP contribution >= 0.6 is 11.3 Å². The first kappa shape index (κ1) is 12.7. The minimum Gasteiger partial charge on any atom is -0.481 e. The molecule has 88 valence electrons. The van der Waals surface area contributed by atoms with Crippen molar-refractivity contribution in [2.45, 2.75) is 26.7 Å². The Hall–Kier alpha value is -1.36. The predicted molar refractivity (Wildman–Crippen MR) is 63.0 cm³/mol. The van der Waals surface area contributed by atoms with E-state index in [1.54, 1.807) is 0 Å². The second-order valence-electron chi connectivity index (χ2n) is 3.60. The van der Waals surface area contributed by atoms with Crippen molar-refractivity contribution in [2.75, 3.05) is 6.54 Å². The second-order valence-corrected chi connectivity index (χ2v) is 4.86. The molecule has 1 aromatic heterocycles. The summed E-state index contributed by atoms with van der Waals surface area (Å²) in [5, 5.41) is 11.1. The Kier molecular flexibility index (Phi) is 4.49. The quantitative estimate of drug-likeness (QED) is 0.774. The largest absolute Gasteiger partial charge is 0.481 e. The lowest BCUT2D eigenvalue weighted by Crippen LogP contribution is -2.23. The van der Waals surface area contributed by atoms with Crippen LogP contribution in [0.25, 0.3) is 0 Å². The van der Waals surface area contributed by atoms with E-state index in [1.165, 1.54) is 11.3 Å². The summed E-state index contributed by atoms with van der Waals surface area (Å²) in [5.41, 5.74) is 1.11. The van der Waals surface area contributed by atoms with Gasteiger partial charge in [0.1, 0.15) is 0 Å². The topological polar surface area (TPSA) is 66.4 Å². The molecule has 0 aliphatic rings. The van der Waals surface area contributed by atoms with Gasteiger partial charge in [0.25, 0.3) is 5.91 Å². The second kappa shape index (κ2) is 5.65. The maximum atomic E-state index is 11.6. The van der Waals surface area contributed by atoms with Crippen LogP contribution in [0.5, 0.6) is 0 Å². The maximum absolute atomic E-state index is 11.6. The molecule has 0 saturated heterocycles. The van der Waals surface area contributed by atoms with Crippen LogP contribution < -0.4 is 5.32 Å². The van der Waals surface area contributed by atoms with E-state index in [-0.39, 0.29) is 12.3 Å². The van der Waals surface area contributed by atoms with Gasteiger partial charge in [-0.15, -0.1) is 11.3 Å². The Morgan fingerprint density at radius 1 is 1.44 bits per heavy atom. The highest BCUT2D eigenvalue weighted by molar-refractivity contribution is 7.14. The van der Waals surface area contributed by atoms with Crippen LogP contribution in [-0.4, -0.2) is 23.5 Å². The van der Waals surface area contributed by atoms with E-state index in [0.29, 0.717) is 17.8 Å². The van der Waals surface area contributed by atoms with Gasteiger partial charge in [-0.3, -0.25) is 9.59 Å². The van der Waals surface area contributed by atoms with E-state index in [0.717, 1.165) is 10.4 Å². The molecular formula is C11H15NO3S. The van der Waals surface area contributed by atoms with Crippen molar-refractivity contribution in [3.05, 3.63) is 21.4 Å². The minimum atomic E-state index is -0.836. The number of carbonyl (C=O) groups is 2. The molecule has 0 fully saturated rings. The Bertz CT molecular complexity index is 378. The van der Waals surface area contributed by atoms with Gasteiger partial charge in [0, 0.05) is 17.8 Å². The van der Waals surface area contributed by atoms with E-state index in [9.17, 15) is 9.59 Å². The highest BCUT2D eigenvalue weighted by Gasteiger charge is 2.09. The van der Waals surface area contributed by atoms with Crippen LogP contribution in [0.15, 0.2) is 6.07 Å². The number of carboxylic acids is 1. The molecule has 0 aliphatic heterocycles. The van der Waals surface area contributed by atoms with Crippen molar-refractivity contribution in [2.24, 2.45) is 0 Å². The highest BCUT2D eigenvalue weighted by Crippen LogP contribution is 2.20. The van der Waals surface area contributed by atoms with Crippen LogP contribution in [0.3, 0.4) is 0 Å². The molecule has 0 radical (unpaired) electrons. The van der Waals surface area contributed by atoms with Crippen LogP contribution in [0, 0.1) is 13.8 Å². The van der Waals surface area contributed by atoms with Gasteiger partial charge in [0.15, 0.2) is 0 Å². The van der Waals surface area contributed by atoms with Crippen molar-refractivity contribution < 1.29 is 14.7 Å². The molecule has 0 atom stereocenters. The fourth-order valence-electron chi connectivity index (χ4n) is 1.21. The molecule has 16 heavy (non-hydrogen) atoms. The summed E-state index contributed by atoms with van der Waals surface area (Å²) < 4.78 is 0. The molecule has 2 N–H and O–H groups in total. The zero-order chi connectivity index (χ0) is 12.1. The predicted octanol–water partition coefficient (Wildman–Crippen LogP) is 1.96. The van der Waals surface area contributed by atoms with Gasteiger partial charge in [-0.2, -0.15) is 0 Å². The fourth-order valence-corrected chi connectivity index (χ4v) is 2.16. The summed E-state index contributed by atoms with van der Waals surface area (Å²) in [4.78, 5) is 23.7. The summed E-state index contributed by atoms with van der Waals surface area (Å²) in [7, 11) is 0. The zero-order valence-electron chi connectivity index (χ0n) is 9.37. The van der Waals surface area contributed by atoms with Gasteiger partial charge in [0.05, 0.1) is 4.88 Å². The number of nitrogens with one attached hydrogen (secondary N) is 1. The molecule has 0 unspecified atom stereocenters. The summed E-state index contributed by atoms with van der Waals surface area (Å²) in [6.45, 7) is 4.34. The molecule has 4 nitrogen and oxygen atoms in total. The van der Waals surface area contributed by atoms with E-state index >= 15 is 0 Å². The third kappa shape index (κ3) is 3.66. The summed E-state index contributed by atoms with van der Waals surface area (Å²) in [5.74, 6) is -0.955. The summed E-state index contributed by atoms with van der Waals surface area (Å²) in [6.07, 6.45) is 0.549. The average molecular weight is 241 g/mol. The molecule has 1 amide bonds. The average Bonchev–Trinajstić information content (AvgIpc) is 2.54. The lowest BCUT2D eigenvalue weighted by Gasteiger charge is -2.01. The molecular weight excluding hydrogens is 226 g/mol. The third-order valence-electron chi connectivity index (χ3n) is 2.24. The number of hydrogen-bond donors (Lipinski definition) is 2. The highest BCUT2D eigenvalue weighted by atomic mass is 32.1. The molecule has 0 aliphatic carbocycles. The van der Waals surface area contributed by atoms with Gasteiger partial charge >= 0.3 is 5.97 Å². The number of hydrogen-bond acceptors (Lipinski definition) is 3. The molecule has 1 heterocycles. The van der Waals surface area contributed by atoms with Gasteiger partial charge < -0.3 is 10.4 Å². The Balaban J connectivity index is 2.38. The number of thiophene rings is 1. The number of carbonyl (C=O) groups excluding carboxylic acids is 1. The molecule has 0 aromatic carbocycles. The number of rotatable bonds is 5. The zero-order valence-corrected chi connectivity index (χ0v) is 10.2. The number of carboxylic acid groups (broad SMARTS) is 1. The van der Waals surface area contributed by atoms with E-state index in [2.05, 4.69) is 5.32 Å². The summed E-state index contributed by atoms with van der Waals surface area (Å²) >= 11 is 1.46. The van der Waals surface area contributed by atoms with Crippen LogP contribution in [0.1, 0.15) is 33.0 Å². The normalized spacial score (nSPS) is 10.1. The van der Waals surface area contributed by atoms with E-state index in [1.807, 2.05) is 19.9 Å². The molecule has 5 heteroatoms. The fraction of sp³-hybridized carbons (Fsp3) is 0.455. The first-order valence-electron chi connectivity index (χ1n) is 5.07. The molecule has 1 rings (SSSR count). The molecule has 0 saturated carbocycles. The van der Waals surface area contributed by atoms with E-state index < -0.39 is 5.97 Å². The Morgan fingerprint density at radius 2 is 2.12 bits per heavy atom. The molecule has 0 spiro atoms. The van der Waals surface area contributed by atoms with Gasteiger partial charge in [0.2, 0.25) is 0 Å². The summed E-state index contributed by atoms with van der Waals surface area (Å²) in [6, 6.07) is 1.85. The Morgan fingerprint density at radius 3 is 2.62 bits per heavy atom. The van der Waals surface area contributed by atoms with Gasteiger partial charge in [-0.05, 0) is 31.9 Å². The van der Waals surface area contributed by atoms with Crippen LogP contribution in [0.2, 0.25) is 0 Å². The standard InChI is InChI=1S/C11H15NO3S/c1-7-6-9(16-8(7)2)11(15)12-5-3-4-10(13)14/h6H,3-5H2,1-2H3,(H,12,15)(H,13,14). The van der Waals surface area contributed by atoms with Crippen molar-refractivity contribution in [3.8, 4) is 0 Å². The van der Waals surface area contributed by atoms with Crippen LogP contribution in [-0.2, 0) is 4.79 Å². The van der Waals surface area contributed by atoms with Crippen LogP contribution in [0.4, 0.5) is 0 Å². The van der Waals surface area contributed by atoms with E-state index in [4.69, 9.17) is 5.11 Å². The van der Waals surface area contributed by atoms with Gasteiger partial charge in [-0.1, -0.05) is 0 Å². The number of aryl methyl sites for hydroxylation is 2. The maximum Gasteiger partial charge on any atom is 0.303 e. The Labute approximate surface area is 98.3 Å². The molecule has 0 bridgehead atoms. The minimum absolute atomic E-state index is 0.0861. The van der Waals surface area contributed by atoms with Crippen molar-refractivity contribution in [1.29, 1.82) is 0 Å². The van der Waals surface area contributed by atoms with Crippen molar-refractivity contribution in [1.82, 2.24) is 5.32 Å². The first-order chi connectivity index (χ1) is 7.50. The SMILES string of the molecule is Cc1cc(C(=O)NCCCC(=O)O)sc1C. The lowest BCUT2D eigenvalue weighted by atomic mass is 10.2. The third-order valence-corrected chi connectivity index (χ3v) is 3.39. The lowest BCUT2D eigenvalue weighted by molar-refractivity contribution is -0.137. The van der Waals surface area contributed by atoms with Crippen molar-refractivity contribution in [3.63, 3.8) is 0 Å². The number of aliphatic carboxylic acids is 1.